The van der Waals surface area contributed by atoms with Crippen molar-refractivity contribution in [2.24, 2.45) is 11.8 Å². The molecule has 2 rings (SSSR count). The molecule has 1 aliphatic carbocycles. The van der Waals surface area contributed by atoms with Gasteiger partial charge in [0.05, 0.1) is 0 Å². The predicted octanol–water partition coefficient (Wildman–Crippen LogP) is 3.04. The van der Waals surface area contributed by atoms with Crippen LogP contribution in [0.5, 0.6) is 0 Å². The Morgan fingerprint density at radius 1 is 1.27 bits per heavy atom. The van der Waals surface area contributed by atoms with Gasteiger partial charge in [0.25, 0.3) is 0 Å². The third-order valence-corrected chi connectivity index (χ3v) is 2.92. The van der Waals surface area contributed by atoms with Crippen molar-refractivity contribution in [3.8, 4) is 11.8 Å². The summed E-state index contributed by atoms with van der Waals surface area (Å²) in [6.07, 6.45) is 5.17. The van der Waals surface area contributed by atoms with Crippen molar-refractivity contribution in [3.63, 3.8) is 0 Å². The van der Waals surface area contributed by atoms with E-state index >= 15 is 0 Å². The quantitative estimate of drug-likeness (QED) is 0.582. The summed E-state index contributed by atoms with van der Waals surface area (Å²) in [5.74, 6) is 7.70. The van der Waals surface area contributed by atoms with Crippen LogP contribution in [0.4, 0.5) is 0 Å². The van der Waals surface area contributed by atoms with Gasteiger partial charge in [-0.25, -0.2) is 4.98 Å². The molecule has 0 radical (unpaired) electrons. The van der Waals surface area contributed by atoms with Crippen LogP contribution in [0.2, 0.25) is 0 Å². The molecule has 1 nitrogen and oxygen atoms in total. The minimum absolute atomic E-state index is 0.665. The molecule has 0 fully saturated rings. The maximum Gasteiger partial charge on any atom is 0.113 e. The summed E-state index contributed by atoms with van der Waals surface area (Å²) in [7, 11) is 0. The van der Waals surface area contributed by atoms with Crippen molar-refractivity contribution in [1.29, 1.82) is 0 Å². The zero-order valence-corrected chi connectivity index (χ0v) is 9.20. The summed E-state index contributed by atoms with van der Waals surface area (Å²) in [4.78, 5) is 4.18. The number of allylic oxidation sites excluding steroid dienone is 2. The highest BCUT2D eigenvalue weighted by Gasteiger charge is 2.18. The van der Waals surface area contributed by atoms with E-state index in [-0.39, 0.29) is 0 Å². The molecule has 0 saturated carbocycles. The number of hydrogen-bond acceptors (Lipinski definition) is 1. The Balaban J connectivity index is 2.11. The van der Waals surface area contributed by atoms with Gasteiger partial charge in [0.2, 0.25) is 0 Å². The van der Waals surface area contributed by atoms with E-state index in [0.29, 0.717) is 5.92 Å². The lowest BCUT2D eigenvalue weighted by molar-refractivity contribution is 0.496. The summed E-state index contributed by atoms with van der Waals surface area (Å²) in [6.45, 7) is 4.52. The van der Waals surface area contributed by atoms with Gasteiger partial charge in [-0.05, 0) is 41.9 Å². The summed E-state index contributed by atoms with van der Waals surface area (Å²) < 4.78 is 0. The summed E-state index contributed by atoms with van der Waals surface area (Å²) in [5.41, 5.74) is 2.12. The largest absolute Gasteiger partial charge is 0.248 e. The number of rotatable bonds is 0. The first kappa shape index (κ1) is 9.98. The second-order valence-corrected chi connectivity index (χ2v) is 4.20. The summed E-state index contributed by atoms with van der Waals surface area (Å²) >= 11 is 0. The average Bonchev–Trinajstić information content (AvgIpc) is 2.57. The molecule has 2 atom stereocenters. The molecule has 0 aromatic carbocycles. The highest BCUT2D eigenvalue weighted by atomic mass is 14.6. The highest BCUT2D eigenvalue weighted by Crippen LogP contribution is 2.29. The summed E-state index contributed by atoms with van der Waals surface area (Å²) in [5, 5.41) is 0. The molecule has 1 aliphatic rings. The first-order valence-electron chi connectivity index (χ1n) is 5.39. The molecular formula is C14H15N. The number of aromatic nitrogens is 1. The Labute approximate surface area is 91.2 Å². The van der Waals surface area contributed by atoms with Crippen LogP contribution < -0.4 is 0 Å². The topological polar surface area (TPSA) is 12.9 Å². The van der Waals surface area contributed by atoms with E-state index in [4.69, 9.17) is 0 Å². The molecule has 1 heterocycles. The van der Waals surface area contributed by atoms with Crippen LogP contribution in [0, 0.1) is 23.7 Å². The van der Waals surface area contributed by atoms with Gasteiger partial charge in [-0.3, -0.25) is 0 Å². The SMILES string of the molecule is C[C@@H]1CC(C#Cc2ccccn2)=C[C@@H]1C. The van der Waals surface area contributed by atoms with Crippen molar-refractivity contribution in [3.05, 3.63) is 41.7 Å². The fourth-order valence-electron chi connectivity index (χ4n) is 1.76. The Bertz CT molecular complexity index is 420. The van der Waals surface area contributed by atoms with Crippen molar-refractivity contribution >= 4 is 0 Å². The maximum absolute atomic E-state index is 4.18. The molecule has 0 unspecified atom stereocenters. The van der Waals surface area contributed by atoms with Crippen LogP contribution in [-0.4, -0.2) is 4.98 Å². The van der Waals surface area contributed by atoms with Crippen molar-refractivity contribution in [1.82, 2.24) is 4.98 Å². The van der Waals surface area contributed by atoms with Crippen molar-refractivity contribution in [2.75, 3.05) is 0 Å². The third kappa shape index (κ3) is 2.47. The zero-order valence-electron chi connectivity index (χ0n) is 9.20. The smallest absolute Gasteiger partial charge is 0.113 e. The van der Waals surface area contributed by atoms with E-state index in [0.717, 1.165) is 18.0 Å². The summed E-state index contributed by atoms with van der Waals surface area (Å²) in [6, 6.07) is 5.81. The van der Waals surface area contributed by atoms with E-state index < -0.39 is 0 Å². The first-order chi connectivity index (χ1) is 7.25. The number of nitrogens with zero attached hydrogens (tertiary/aromatic N) is 1. The Hall–Kier alpha value is -1.55. The van der Waals surface area contributed by atoms with Gasteiger partial charge in [-0.1, -0.05) is 31.9 Å². The van der Waals surface area contributed by atoms with E-state index in [1.807, 2.05) is 18.2 Å². The molecule has 0 N–H and O–H groups in total. The van der Waals surface area contributed by atoms with Crippen LogP contribution in [0.15, 0.2) is 36.0 Å². The maximum atomic E-state index is 4.18. The lowest BCUT2D eigenvalue weighted by Crippen LogP contribution is -1.96. The second kappa shape index (κ2) is 4.31. The lowest BCUT2D eigenvalue weighted by atomic mass is 10.00. The minimum Gasteiger partial charge on any atom is -0.248 e. The molecule has 0 aliphatic heterocycles. The Morgan fingerprint density at radius 2 is 2.13 bits per heavy atom. The van der Waals surface area contributed by atoms with Crippen LogP contribution in [-0.2, 0) is 0 Å². The van der Waals surface area contributed by atoms with Crippen LogP contribution in [0.1, 0.15) is 26.0 Å². The Kier molecular flexibility index (Phi) is 2.87. The first-order valence-corrected chi connectivity index (χ1v) is 5.39. The average molecular weight is 197 g/mol. The molecule has 0 spiro atoms. The lowest BCUT2D eigenvalue weighted by Gasteiger charge is -2.05. The minimum atomic E-state index is 0.665. The second-order valence-electron chi connectivity index (χ2n) is 4.20. The van der Waals surface area contributed by atoms with E-state index in [2.05, 4.69) is 36.7 Å². The van der Waals surface area contributed by atoms with Crippen molar-refractivity contribution in [2.45, 2.75) is 20.3 Å². The van der Waals surface area contributed by atoms with Gasteiger partial charge in [-0.15, -0.1) is 0 Å². The predicted molar refractivity (Wildman–Crippen MR) is 62.1 cm³/mol. The normalized spacial score (nSPS) is 24.3. The number of pyridine rings is 1. The molecule has 1 aromatic rings. The number of hydrogen-bond donors (Lipinski definition) is 0. The molecule has 0 saturated heterocycles. The van der Waals surface area contributed by atoms with Crippen LogP contribution in [0.25, 0.3) is 0 Å². The monoisotopic (exact) mass is 197 g/mol. The van der Waals surface area contributed by atoms with E-state index in [1.165, 1.54) is 5.57 Å². The van der Waals surface area contributed by atoms with Gasteiger partial charge >= 0.3 is 0 Å². The van der Waals surface area contributed by atoms with Crippen LogP contribution in [0.3, 0.4) is 0 Å². The van der Waals surface area contributed by atoms with Gasteiger partial charge in [0.1, 0.15) is 5.69 Å². The standard InChI is InChI=1S/C14H15N/c1-11-9-13(10-12(11)2)6-7-14-5-3-4-8-15-14/h3-5,8-9,11-12H,10H2,1-2H3/t11-,12+/m0/s1. The van der Waals surface area contributed by atoms with E-state index in [9.17, 15) is 0 Å². The van der Waals surface area contributed by atoms with Crippen LogP contribution >= 0.6 is 0 Å². The van der Waals surface area contributed by atoms with Gasteiger partial charge < -0.3 is 0 Å². The Morgan fingerprint density at radius 3 is 2.73 bits per heavy atom. The van der Waals surface area contributed by atoms with Gasteiger partial charge in [0.15, 0.2) is 0 Å². The highest BCUT2D eigenvalue weighted by molar-refractivity contribution is 5.39. The molecule has 1 aromatic heterocycles. The van der Waals surface area contributed by atoms with E-state index in [1.54, 1.807) is 6.20 Å². The fraction of sp³-hybridized carbons (Fsp3) is 0.357. The van der Waals surface area contributed by atoms with Gasteiger partial charge in [-0.2, -0.15) is 0 Å². The molecule has 0 amide bonds. The molecule has 76 valence electrons. The molecule has 15 heavy (non-hydrogen) atoms. The van der Waals surface area contributed by atoms with Crippen molar-refractivity contribution < 1.29 is 0 Å². The third-order valence-electron chi connectivity index (χ3n) is 2.92. The molecule has 0 bridgehead atoms. The fourth-order valence-corrected chi connectivity index (χ4v) is 1.76. The zero-order chi connectivity index (χ0) is 10.7. The van der Waals surface area contributed by atoms with Gasteiger partial charge in [0, 0.05) is 6.20 Å². The molecular weight excluding hydrogens is 182 g/mol. The molecule has 1 heteroatoms.